The van der Waals surface area contributed by atoms with E-state index in [2.05, 4.69) is 14.6 Å². The third-order valence-electron chi connectivity index (χ3n) is 6.15. The lowest BCUT2D eigenvalue weighted by Gasteiger charge is -2.23. The highest BCUT2D eigenvalue weighted by molar-refractivity contribution is 5.95. The average Bonchev–Trinajstić information content (AvgIpc) is 3.48. The Labute approximate surface area is 221 Å². The summed E-state index contributed by atoms with van der Waals surface area (Å²) in [6.07, 6.45) is -6.96. The van der Waals surface area contributed by atoms with Gasteiger partial charge in [-0.2, -0.15) is 10.4 Å². The van der Waals surface area contributed by atoms with Crippen LogP contribution in [0.1, 0.15) is 30.2 Å². The van der Waals surface area contributed by atoms with E-state index in [-0.39, 0.29) is 57.1 Å². The number of hydrogen-bond donors (Lipinski definition) is 0. The van der Waals surface area contributed by atoms with E-state index in [0.717, 1.165) is 18.2 Å². The summed E-state index contributed by atoms with van der Waals surface area (Å²) >= 11 is 0. The van der Waals surface area contributed by atoms with Gasteiger partial charge < -0.3 is 18.8 Å². The zero-order valence-corrected chi connectivity index (χ0v) is 20.7. The van der Waals surface area contributed by atoms with Gasteiger partial charge in [0.1, 0.15) is 18.1 Å². The molecule has 1 aliphatic heterocycles. The number of alkyl halides is 4. The number of nitrogens with zero attached hydrogens (tertiary/aromatic N) is 4. The maximum Gasteiger partial charge on any atom is 0.586 e. The number of hydrogen-bond acceptors (Lipinski definition) is 7. The van der Waals surface area contributed by atoms with Crippen molar-refractivity contribution < 1.29 is 40.6 Å². The van der Waals surface area contributed by atoms with E-state index < -0.39 is 42.3 Å². The van der Waals surface area contributed by atoms with E-state index in [0.29, 0.717) is 4.68 Å². The Morgan fingerprint density at radius 3 is 2.62 bits per heavy atom. The van der Waals surface area contributed by atoms with Gasteiger partial charge in [0, 0.05) is 17.7 Å². The Hall–Kier alpha value is -4.93. The quantitative estimate of drug-likeness (QED) is 0.295. The molecule has 0 saturated heterocycles. The smallest absolute Gasteiger partial charge is 0.452 e. The van der Waals surface area contributed by atoms with Gasteiger partial charge in [0.2, 0.25) is 5.91 Å². The van der Waals surface area contributed by atoms with Crippen LogP contribution >= 0.6 is 0 Å². The first-order valence-electron chi connectivity index (χ1n) is 11.7. The molecule has 40 heavy (non-hydrogen) atoms. The van der Waals surface area contributed by atoms with Crippen molar-refractivity contribution in [1.82, 2.24) is 9.78 Å². The van der Waals surface area contributed by atoms with Crippen molar-refractivity contribution in [3.05, 3.63) is 69.5 Å². The molecule has 0 bridgehead atoms. The van der Waals surface area contributed by atoms with Gasteiger partial charge in [-0.1, -0.05) is 0 Å². The number of nitriles is 1. The van der Waals surface area contributed by atoms with Crippen LogP contribution in [0.2, 0.25) is 0 Å². The highest BCUT2D eigenvalue weighted by atomic mass is 19.3. The van der Waals surface area contributed by atoms with E-state index in [1.807, 2.05) is 0 Å². The van der Waals surface area contributed by atoms with Crippen molar-refractivity contribution in [2.75, 3.05) is 11.4 Å². The molecule has 0 spiro atoms. The predicted molar refractivity (Wildman–Crippen MR) is 129 cm³/mol. The molecule has 3 heterocycles. The standard InChI is InChI=1S/C26H17F5N4O5/c1-3-34(17-4-5-18-22(12(17)2)40-26(30,31)39-18)20(36)11-35-25(37)16-9-19(24(28)29)38-23(16)21(33-35)14-6-13(10-32)7-15(27)8-14/h4-9,24H,3,11H2,1-2H3. The molecule has 206 valence electrons. The van der Waals surface area contributed by atoms with Crippen LogP contribution < -0.4 is 19.9 Å². The number of fused-ring (bicyclic) bond motifs is 2. The molecule has 2 aromatic heterocycles. The highest BCUT2D eigenvalue weighted by Crippen LogP contribution is 2.46. The van der Waals surface area contributed by atoms with Gasteiger partial charge in [-0.05, 0) is 50.2 Å². The summed E-state index contributed by atoms with van der Waals surface area (Å²) in [7, 11) is 0. The number of carbonyl (C=O) groups is 1. The van der Waals surface area contributed by atoms with Gasteiger partial charge in [-0.3, -0.25) is 9.59 Å². The molecule has 2 aromatic carbocycles. The summed E-state index contributed by atoms with van der Waals surface area (Å²) in [5.41, 5.74) is -1.39. The summed E-state index contributed by atoms with van der Waals surface area (Å²) < 4.78 is 83.1. The third-order valence-corrected chi connectivity index (χ3v) is 6.15. The van der Waals surface area contributed by atoms with Crippen molar-refractivity contribution in [3.63, 3.8) is 0 Å². The van der Waals surface area contributed by atoms with Gasteiger partial charge in [0.15, 0.2) is 22.8 Å². The Balaban J connectivity index is 1.59. The topological polar surface area (TPSA) is 111 Å². The van der Waals surface area contributed by atoms with Gasteiger partial charge >= 0.3 is 6.29 Å². The number of rotatable bonds is 6. The molecule has 1 amide bonds. The lowest BCUT2D eigenvalue weighted by Crippen LogP contribution is -2.38. The molecule has 4 aromatic rings. The van der Waals surface area contributed by atoms with Crippen LogP contribution in [-0.2, 0) is 11.3 Å². The first kappa shape index (κ1) is 26.7. The molecule has 14 heteroatoms. The van der Waals surface area contributed by atoms with E-state index in [9.17, 15) is 36.8 Å². The molecule has 0 fully saturated rings. The molecule has 0 N–H and O–H groups in total. The Bertz CT molecular complexity index is 1780. The number of likely N-dealkylation sites (N-methyl/N-ethyl adjacent to an activating group) is 1. The molecule has 0 unspecified atom stereocenters. The number of benzene rings is 2. The van der Waals surface area contributed by atoms with Crippen LogP contribution in [-0.4, -0.2) is 28.5 Å². The van der Waals surface area contributed by atoms with Crippen LogP contribution in [0, 0.1) is 24.1 Å². The van der Waals surface area contributed by atoms with Crippen molar-refractivity contribution in [1.29, 1.82) is 5.26 Å². The van der Waals surface area contributed by atoms with Crippen LogP contribution in [0.3, 0.4) is 0 Å². The molecule has 5 rings (SSSR count). The van der Waals surface area contributed by atoms with Crippen LogP contribution in [0.5, 0.6) is 11.5 Å². The predicted octanol–water partition coefficient (Wildman–Crippen LogP) is 5.29. The number of halogens is 5. The van der Waals surface area contributed by atoms with E-state index in [1.165, 1.54) is 30.0 Å². The Morgan fingerprint density at radius 1 is 1.20 bits per heavy atom. The lowest BCUT2D eigenvalue weighted by atomic mass is 10.1. The van der Waals surface area contributed by atoms with E-state index in [4.69, 9.17) is 4.42 Å². The maximum absolute atomic E-state index is 14.2. The number of anilines is 1. The Morgan fingerprint density at radius 2 is 1.95 bits per heavy atom. The zero-order chi connectivity index (χ0) is 28.9. The fraction of sp³-hybridized carbons (Fsp3) is 0.231. The second-order valence-electron chi connectivity index (χ2n) is 8.69. The molecule has 9 nitrogen and oxygen atoms in total. The number of carbonyl (C=O) groups excluding carboxylic acids is 1. The second-order valence-corrected chi connectivity index (χ2v) is 8.69. The van der Waals surface area contributed by atoms with Crippen molar-refractivity contribution >= 4 is 22.6 Å². The van der Waals surface area contributed by atoms with Crippen molar-refractivity contribution in [2.45, 2.75) is 33.1 Å². The van der Waals surface area contributed by atoms with Crippen LogP contribution in [0.4, 0.5) is 27.6 Å². The minimum Gasteiger partial charge on any atom is -0.452 e. The van der Waals surface area contributed by atoms with Gasteiger partial charge in [-0.25, -0.2) is 17.9 Å². The SMILES string of the molecule is CCN(C(=O)Cn1nc(-c2cc(F)cc(C#N)c2)c2oc(C(F)F)cc2c1=O)c1ccc2c(c1C)OC(F)(F)O2. The normalized spacial score (nSPS) is 13.6. The summed E-state index contributed by atoms with van der Waals surface area (Å²) in [6, 6.07) is 8.26. The lowest BCUT2D eigenvalue weighted by molar-refractivity contribution is -0.286. The molecule has 0 atom stereocenters. The summed E-state index contributed by atoms with van der Waals surface area (Å²) in [6.45, 7) is 2.37. The largest absolute Gasteiger partial charge is 0.586 e. The number of furan rings is 1. The zero-order valence-electron chi connectivity index (χ0n) is 20.7. The second kappa shape index (κ2) is 9.67. The van der Waals surface area contributed by atoms with E-state index in [1.54, 1.807) is 13.0 Å². The fourth-order valence-corrected chi connectivity index (χ4v) is 4.41. The average molecular weight is 560 g/mol. The van der Waals surface area contributed by atoms with Crippen molar-refractivity contribution in [3.8, 4) is 28.8 Å². The Kier molecular flexibility index (Phi) is 6.45. The van der Waals surface area contributed by atoms with E-state index >= 15 is 0 Å². The van der Waals surface area contributed by atoms with Crippen LogP contribution in [0.25, 0.3) is 22.2 Å². The number of ether oxygens (including phenoxy) is 2. The summed E-state index contributed by atoms with van der Waals surface area (Å²) in [5, 5.41) is 13.0. The summed E-state index contributed by atoms with van der Waals surface area (Å²) in [5.74, 6) is -2.88. The molecule has 0 radical (unpaired) electrons. The van der Waals surface area contributed by atoms with Gasteiger partial charge in [0.05, 0.1) is 22.7 Å². The van der Waals surface area contributed by atoms with Crippen LogP contribution in [0.15, 0.2) is 45.6 Å². The van der Waals surface area contributed by atoms with Gasteiger partial charge in [-0.15, -0.1) is 8.78 Å². The first-order chi connectivity index (χ1) is 18.9. The monoisotopic (exact) mass is 560 g/mol. The highest BCUT2D eigenvalue weighted by Gasteiger charge is 2.44. The fourth-order valence-electron chi connectivity index (χ4n) is 4.41. The number of amides is 1. The molecular formula is C26H17F5N4O5. The molecule has 1 aliphatic rings. The van der Waals surface area contributed by atoms with Crippen molar-refractivity contribution in [2.24, 2.45) is 0 Å². The minimum absolute atomic E-state index is 0.0379. The third kappa shape index (κ3) is 4.59. The molecular weight excluding hydrogens is 543 g/mol. The maximum atomic E-state index is 14.2. The first-order valence-corrected chi connectivity index (χ1v) is 11.7. The number of aromatic nitrogens is 2. The molecule has 0 aliphatic carbocycles. The summed E-state index contributed by atoms with van der Waals surface area (Å²) in [4.78, 5) is 27.8. The molecule has 0 saturated carbocycles. The van der Waals surface area contributed by atoms with Gasteiger partial charge in [0.25, 0.3) is 12.0 Å². The minimum atomic E-state index is -3.88.